The minimum absolute atomic E-state index is 0.0336. The summed E-state index contributed by atoms with van der Waals surface area (Å²) in [6.45, 7) is 6.87. The zero-order valence-corrected chi connectivity index (χ0v) is 29.8. The number of carbonyl (C=O) groups is 3. The lowest BCUT2D eigenvalue weighted by atomic mass is 9.93. The van der Waals surface area contributed by atoms with E-state index >= 15 is 0 Å². The lowest BCUT2D eigenvalue weighted by Crippen LogP contribution is -2.53. The number of amides is 4. The Bertz CT molecular complexity index is 1780. The summed E-state index contributed by atoms with van der Waals surface area (Å²) in [4.78, 5) is 50.0. The molecule has 7 rings (SSSR count). The summed E-state index contributed by atoms with van der Waals surface area (Å²) in [5.41, 5.74) is 2.40. The van der Waals surface area contributed by atoms with Crippen molar-refractivity contribution < 1.29 is 19.1 Å². The molecule has 0 atom stereocenters. The predicted octanol–water partition coefficient (Wildman–Crippen LogP) is 3.75. The van der Waals surface area contributed by atoms with Gasteiger partial charge in [0.15, 0.2) is 11.5 Å². The first-order valence-electron chi connectivity index (χ1n) is 18.1. The average Bonchev–Trinajstić information content (AvgIpc) is 3.17. The highest BCUT2D eigenvalue weighted by molar-refractivity contribution is 6.31. The van der Waals surface area contributed by atoms with Crippen molar-refractivity contribution in [2.24, 2.45) is 0 Å². The number of aromatic nitrogens is 3. The van der Waals surface area contributed by atoms with Gasteiger partial charge in [-0.2, -0.15) is 5.26 Å². The fourth-order valence-corrected chi connectivity index (χ4v) is 7.72. The second-order valence-corrected chi connectivity index (χ2v) is 14.3. The topological polar surface area (TPSA) is 160 Å². The van der Waals surface area contributed by atoms with Crippen LogP contribution in [0.5, 0.6) is 5.75 Å². The van der Waals surface area contributed by atoms with Gasteiger partial charge in [-0.15, -0.1) is 10.2 Å². The number of anilines is 2. The van der Waals surface area contributed by atoms with Crippen molar-refractivity contribution >= 4 is 41.0 Å². The van der Waals surface area contributed by atoms with Crippen LogP contribution in [0.25, 0.3) is 0 Å². The van der Waals surface area contributed by atoms with Crippen molar-refractivity contribution in [2.45, 2.75) is 69.7 Å². The van der Waals surface area contributed by atoms with Crippen LogP contribution in [0.4, 0.5) is 16.3 Å². The summed E-state index contributed by atoms with van der Waals surface area (Å²) in [6, 6.07) is 14.9. The lowest BCUT2D eigenvalue weighted by molar-refractivity contribution is -0.120. The van der Waals surface area contributed by atoms with Crippen molar-refractivity contribution in [2.75, 3.05) is 55.6 Å². The summed E-state index contributed by atoms with van der Waals surface area (Å²) in [7, 11) is 0. The maximum Gasteiger partial charge on any atom is 0.328 e. The van der Waals surface area contributed by atoms with Crippen LogP contribution in [-0.2, 0) is 11.3 Å². The van der Waals surface area contributed by atoms with Crippen LogP contribution in [-0.4, -0.2) is 107 Å². The Balaban J connectivity index is 0.803. The normalized spacial score (nSPS) is 22.1. The molecule has 52 heavy (non-hydrogen) atoms. The van der Waals surface area contributed by atoms with Gasteiger partial charge in [0, 0.05) is 76.9 Å². The number of pyridine rings is 1. The molecule has 3 aliphatic heterocycles. The van der Waals surface area contributed by atoms with E-state index < -0.39 is 6.03 Å². The number of nitrogens with one attached hydrogen (secondary N) is 2. The maximum absolute atomic E-state index is 13.0. The number of imide groups is 1. The molecule has 272 valence electrons. The number of nitrogens with zero attached hydrogens (tertiary/aromatic N) is 8. The number of piperazine rings is 1. The van der Waals surface area contributed by atoms with E-state index in [2.05, 4.69) is 46.6 Å². The van der Waals surface area contributed by atoms with Gasteiger partial charge >= 0.3 is 6.03 Å². The molecule has 0 bridgehead atoms. The largest absolute Gasteiger partial charge is 0.490 e. The second-order valence-electron chi connectivity index (χ2n) is 13.9. The Labute approximate surface area is 308 Å². The molecule has 1 aliphatic carbocycles. The third-order valence-corrected chi connectivity index (χ3v) is 10.8. The third kappa shape index (κ3) is 8.61. The molecule has 2 N–H and O–H groups in total. The summed E-state index contributed by atoms with van der Waals surface area (Å²) in [6.07, 6.45) is 7.34. The molecule has 14 nitrogen and oxygen atoms in total. The molecule has 3 saturated heterocycles. The van der Waals surface area contributed by atoms with E-state index in [1.807, 2.05) is 18.2 Å². The van der Waals surface area contributed by atoms with E-state index in [9.17, 15) is 14.4 Å². The van der Waals surface area contributed by atoms with E-state index in [0.717, 1.165) is 95.9 Å². The molecule has 5 heterocycles. The smallest absolute Gasteiger partial charge is 0.328 e. The highest BCUT2D eigenvalue weighted by Gasteiger charge is 2.30. The van der Waals surface area contributed by atoms with Crippen LogP contribution in [0.1, 0.15) is 66.7 Å². The molecule has 4 amide bonds. The number of hydrogen-bond acceptors (Lipinski definition) is 11. The zero-order chi connectivity index (χ0) is 36.0. The van der Waals surface area contributed by atoms with Gasteiger partial charge in [0.25, 0.3) is 5.91 Å². The first-order valence-corrected chi connectivity index (χ1v) is 18.5. The molecule has 15 heteroatoms. The number of urea groups is 1. The van der Waals surface area contributed by atoms with Crippen molar-refractivity contribution in [3.05, 3.63) is 70.6 Å². The number of nitriles is 1. The molecule has 2 aromatic heterocycles. The van der Waals surface area contributed by atoms with E-state index in [0.29, 0.717) is 46.7 Å². The van der Waals surface area contributed by atoms with Gasteiger partial charge in [-0.3, -0.25) is 34.6 Å². The molecule has 1 aromatic carbocycles. The van der Waals surface area contributed by atoms with E-state index in [4.69, 9.17) is 21.6 Å². The monoisotopic (exact) mass is 726 g/mol. The minimum Gasteiger partial charge on any atom is -0.490 e. The number of benzene rings is 1. The highest BCUT2D eigenvalue weighted by Crippen LogP contribution is 2.28. The summed E-state index contributed by atoms with van der Waals surface area (Å²) >= 11 is 6.14. The van der Waals surface area contributed by atoms with Gasteiger partial charge in [-0.05, 0) is 74.9 Å². The molecule has 0 radical (unpaired) electrons. The van der Waals surface area contributed by atoms with E-state index in [1.165, 1.54) is 0 Å². The molecule has 0 unspecified atom stereocenters. The number of hydrogen-bond donors (Lipinski definition) is 2. The van der Waals surface area contributed by atoms with E-state index in [1.54, 1.807) is 35.4 Å². The fourth-order valence-electron chi connectivity index (χ4n) is 7.51. The molecular weight excluding hydrogens is 684 g/mol. The number of carbonyl (C=O) groups excluding carboxylic acids is 3. The van der Waals surface area contributed by atoms with Gasteiger partial charge in [-0.25, -0.2) is 4.79 Å². The van der Waals surface area contributed by atoms with Crippen LogP contribution in [0, 0.1) is 11.3 Å². The number of piperidine rings is 1. The Morgan fingerprint density at radius 3 is 2.38 bits per heavy atom. The number of halogens is 1. The quantitative estimate of drug-likeness (QED) is 0.331. The van der Waals surface area contributed by atoms with Crippen molar-refractivity contribution in [1.82, 2.24) is 35.6 Å². The molecule has 3 aromatic rings. The van der Waals surface area contributed by atoms with Gasteiger partial charge in [0.05, 0.1) is 34.3 Å². The van der Waals surface area contributed by atoms with Gasteiger partial charge < -0.3 is 15.0 Å². The highest BCUT2D eigenvalue weighted by atomic mass is 35.5. The summed E-state index contributed by atoms with van der Waals surface area (Å²) in [5, 5.41) is 23.6. The average molecular weight is 727 g/mol. The van der Waals surface area contributed by atoms with Crippen LogP contribution in [0.15, 0.2) is 48.7 Å². The Hall–Kier alpha value is -4.84. The Kier molecular flexibility index (Phi) is 11.1. The number of rotatable bonds is 9. The minimum atomic E-state index is -0.398. The van der Waals surface area contributed by atoms with Gasteiger partial charge in [0.1, 0.15) is 11.8 Å². The lowest BCUT2D eigenvalue weighted by Gasteiger charge is -2.43. The molecule has 0 spiro atoms. The zero-order valence-electron chi connectivity index (χ0n) is 29.0. The predicted molar refractivity (Wildman–Crippen MR) is 194 cm³/mol. The molecule has 4 fully saturated rings. The van der Waals surface area contributed by atoms with Crippen molar-refractivity contribution in [3.63, 3.8) is 0 Å². The molecular formula is C37H43ClN10O4. The van der Waals surface area contributed by atoms with Gasteiger partial charge in [-0.1, -0.05) is 11.6 Å². The fraction of sp³-hybridized carbons (Fsp3) is 0.486. The van der Waals surface area contributed by atoms with E-state index in [-0.39, 0.29) is 24.0 Å². The SMILES string of the molecule is N#Cc1ccc(OC2CCC(NC(=O)c3ccc(N4CCC(N5CCN(Cc6ccc(N7CCC(=O)NC7=O)cn6)CC5)CC4)nn3)CC2)cc1Cl. The first-order chi connectivity index (χ1) is 25.3. The summed E-state index contributed by atoms with van der Waals surface area (Å²) in [5.74, 6) is 0.994. The standard InChI is InChI=1S/C37H43ClN10O4/c38-32-21-31(6-1-25(32)22-39)52-30-7-3-26(4-8-30)41-36(50)33-9-10-34(44-43-33)47-14-11-28(12-15-47)46-19-17-45(18-20-46)24-27-2-5-29(23-40-27)48-16-13-35(49)42-37(48)51/h1-2,5-6,9-10,21,23,26,28,30H,3-4,7-8,11-20,24H2,(H,41,50)(H,42,49,51). The Morgan fingerprint density at radius 2 is 1.73 bits per heavy atom. The number of ether oxygens (including phenoxy) is 1. The second kappa shape index (κ2) is 16.2. The first kappa shape index (κ1) is 35.6. The van der Waals surface area contributed by atoms with Crippen molar-refractivity contribution in [3.8, 4) is 11.8 Å². The molecule has 4 aliphatic rings. The van der Waals surface area contributed by atoms with Crippen LogP contribution in [0.2, 0.25) is 5.02 Å². The Morgan fingerprint density at radius 1 is 0.942 bits per heavy atom. The summed E-state index contributed by atoms with van der Waals surface area (Å²) < 4.78 is 6.08. The van der Waals surface area contributed by atoms with Crippen LogP contribution < -0.4 is 25.2 Å². The third-order valence-electron chi connectivity index (χ3n) is 10.5. The van der Waals surface area contributed by atoms with Crippen LogP contribution >= 0.6 is 11.6 Å². The molecule has 1 saturated carbocycles. The van der Waals surface area contributed by atoms with Crippen LogP contribution in [0.3, 0.4) is 0 Å². The van der Waals surface area contributed by atoms with Crippen molar-refractivity contribution in [1.29, 1.82) is 5.26 Å². The maximum atomic E-state index is 13.0. The van der Waals surface area contributed by atoms with Gasteiger partial charge in [0.2, 0.25) is 5.91 Å².